The fourth-order valence-corrected chi connectivity index (χ4v) is 0.125. The molecule has 0 heterocycles. The van der Waals surface area contributed by atoms with E-state index in [1.54, 1.807) is 0 Å². The van der Waals surface area contributed by atoms with Crippen LogP contribution in [0.4, 0.5) is 0 Å². The van der Waals surface area contributed by atoms with Gasteiger partial charge in [-0.05, 0) is 6.92 Å². The average molecular weight is 259 g/mol. The van der Waals surface area contributed by atoms with Gasteiger partial charge in [0.2, 0.25) is 0 Å². The van der Waals surface area contributed by atoms with Crippen molar-refractivity contribution in [2.24, 2.45) is 0 Å². The minimum absolute atomic E-state index is 0.733. The molecule has 0 saturated carbocycles. The predicted octanol–water partition coefficient (Wildman–Crippen LogP) is 2.12. The molecular formula is C5H7IZn. The normalized spacial score (nSPS) is 4.71. The molecule has 36 valence electrons. The van der Waals surface area contributed by atoms with Gasteiger partial charge >= 0.3 is 34.5 Å². The summed E-state index contributed by atoms with van der Waals surface area (Å²) in [6, 6.07) is 0. The first kappa shape index (κ1) is 10.8. The Labute approximate surface area is 66.3 Å². The number of hydrogen-bond donors (Lipinski definition) is 0. The molecule has 0 aromatic rings. The summed E-state index contributed by atoms with van der Waals surface area (Å²) in [5, 5.41) is 0. The van der Waals surface area contributed by atoms with Crippen LogP contribution in [0.2, 0.25) is 0 Å². The van der Waals surface area contributed by atoms with Gasteiger partial charge in [-0.15, -0.1) is 18.3 Å². The molecule has 0 atom stereocenters. The molecule has 0 bridgehead atoms. The van der Waals surface area contributed by atoms with Gasteiger partial charge in [0.05, 0.1) is 0 Å². The molecule has 0 spiro atoms. The Morgan fingerprint density at radius 3 is 2.14 bits per heavy atom. The molecule has 7 heavy (non-hydrogen) atoms. The maximum atomic E-state index is 3.50. The van der Waals surface area contributed by atoms with Crippen LogP contribution in [0.3, 0.4) is 0 Å². The Bertz CT molecular complexity index is 60.2. The Morgan fingerprint density at radius 2 is 2.14 bits per heavy atom. The van der Waals surface area contributed by atoms with E-state index >= 15 is 0 Å². The second-order valence-corrected chi connectivity index (χ2v) is 0.677. The number of rotatable bonds is 0. The van der Waals surface area contributed by atoms with E-state index in [-0.39, 0.29) is 0 Å². The van der Waals surface area contributed by atoms with Crippen LogP contribution in [0.15, 0.2) is 0 Å². The standard InChI is InChI=1S/C5H7.HI.Zn/c1-3-5-4-2;;/h1,3H2,2H3;1H;/q-1;;+2/p-1. The second kappa shape index (κ2) is 15.8. The summed E-state index contributed by atoms with van der Waals surface area (Å²) in [4.78, 5) is 0. The van der Waals surface area contributed by atoms with Crippen molar-refractivity contribution in [3.05, 3.63) is 6.92 Å². The predicted molar refractivity (Wildman–Crippen MR) is 37.4 cm³/mol. The zero-order valence-electron chi connectivity index (χ0n) is 4.50. The van der Waals surface area contributed by atoms with Gasteiger partial charge in [-0.2, -0.15) is 0 Å². The van der Waals surface area contributed by atoms with Crippen molar-refractivity contribution in [1.29, 1.82) is 0 Å². The summed E-state index contributed by atoms with van der Waals surface area (Å²) in [6.45, 7) is 5.31. The molecule has 0 radical (unpaired) electrons. The Hall–Kier alpha value is 0.913. The van der Waals surface area contributed by atoms with Crippen LogP contribution in [-0.4, -0.2) is 0 Å². The summed E-state index contributed by atoms with van der Waals surface area (Å²) in [5.74, 6) is 5.45. The molecule has 0 aliphatic rings. The van der Waals surface area contributed by atoms with Gasteiger partial charge in [-0.1, -0.05) is 0 Å². The Morgan fingerprint density at radius 1 is 1.71 bits per heavy atom. The van der Waals surface area contributed by atoms with E-state index < -0.39 is 0 Å². The average Bonchev–Trinajstić information content (AvgIpc) is 1.75. The van der Waals surface area contributed by atoms with Crippen molar-refractivity contribution in [2.45, 2.75) is 13.3 Å². The fraction of sp³-hybridized carbons (Fsp3) is 0.400. The van der Waals surface area contributed by atoms with E-state index in [2.05, 4.69) is 38.5 Å². The molecule has 0 aromatic heterocycles. The summed E-state index contributed by atoms with van der Waals surface area (Å²) in [6.07, 6.45) is 0.733. The van der Waals surface area contributed by atoms with E-state index in [0.717, 1.165) is 6.42 Å². The Kier molecular flexibility index (Phi) is 24.4. The number of halogens is 1. The number of hydrogen-bond acceptors (Lipinski definition) is 0. The minimum atomic E-state index is 0.733. The molecule has 0 nitrogen and oxygen atoms in total. The van der Waals surface area contributed by atoms with Crippen LogP contribution in [-0.2, 0) is 14.8 Å². The SMILES string of the molecule is [CH2-]CC#CC.[Zn+][I]. The zero-order valence-corrected chi connectivity index (χ0v) is 9.62. The third-order valence-corrected chi connectivity index (χ3v) is 0.302. The molecule has 0 N–H and O–H groups in total. The molecule has 0 aromatic carbocycles. The molecule has 0 aliphatic heterocycles. The Balaban J connectivity index is 0. The summed E-state index contributed by atoms with van der Waals surface area (Å²) in [7, 11) is 0. The van der Waals surface area contributed by atoms with Crippen LogP contribution in [0, 0.1) is 18.8 Å². The van der Waals surface area contributed by atoms with Crippen LogP contribution < -0.4 is 0 Å². The van der Waals surface area contributed by atoms with E-state index in [1.165, 1.54) is 14.8 Å². The van der Waals surface area contributed by atoms with E-state index in [0.29, 0.717) is 0 Å². The zero-order chi connectivity index (χ0) is 6.12. The van der Waals surface area contributed by atoms with Crippen molar-refractivity contribution in [3.8, 4) is 11.8 Å². The third-order valence-electron chi connectivity index (χ3n) is 0.302. The van der Waals surface area contributed by atoms with E-state index in [4.69, 9.17) is 0 Å². The van der Waals surface area contributed by atoms with Crippen molar-refractivity contribution in [2.75, 3.05) is 0 Å². The molecule has 0 fully saturated rings. The molecule has 2 heteroatoms. The molecule has 0 amide bonds. The van der Waals surface area contributed by atoms with Crippen molar-refractivity contribution in [3.63, 3.8) is 0 Å². The first-order chi connectivity index (χ1) is 3.41. The van der Waals surface area contributed by atoms with Gasteiger partial charge < -0.3 is 6.92 Å². The van der Waals surface area contributed by atoms with Gasteiger partial charge in [0.15, 0.2) is 0 Å². The molecule has 0 saturated heterocycles. The van der Waals surface area contributed by atoms with Crippen LogP contribution in [0.25, 0.3) is 0 Å². The van der Waals surface area contributed by atoms with Crippen molar-refractivity contribution in [1.82, 2.24) is 0 Å². The van der Waals surface area contributed by atoms with Gasteiger partial charge in [0, 0.05) is 0 Å². The molecule has 0 rings (SSSR count). The fourth-order valence-electron chi connectivity index (χ4n) is 0.125. The van der Waals surface area contributed by atoms with E-state index in [1.807, 2.05) is 6.92 Å². The van der Waals surface area contributed by atoms with Crippen LogP contribution >= 0.6 is 19.8 Å². The first-order valence-electron chi connectivity index (χ1n) is 1.87. The molecule has 0 aliphatic carbocycles. The van der Waals surface area contributed by atoms with E-state index in [9.17, 15) is 0 Å². The summed E-state index contributed by atoms with van der Waals surface area (Å²) < 4.78 is 0. The molecule has 0 unspecified atom stereocenters. The van der Waals surface area contributed by atoms with Crippen LogP contribution in [0.1, 0.15) is 13.3 Å². The van der Waals surface area contributed by atoms with Crippen molar-refractivity contribution >= 4 is 19.8 Å². The maximum absolute atomic E-state index is 3.50. The van der Waals surface area contributed by atoms with Crippen molar-refractivity contribution < 1.29 is 14.8 Å². The van der Waals surface area contributed by atoms with Gasteiger partial charge in [-0.3, -0.25) is 0 Å². The monoisotopic (exact) mass is 258 g/mol. The van der Waals surface area contributed by atoms with Gasteiger partial charge in [0.25, 0.3) is 0 Å². The third kappa shape index (κ3) is 19.7. The first-order valence-corrected chi connectivity index (χ1v) is 10.9. The topological polar surface area (TPSA) is 0 Å². The van der Waals surface area contributed by atoms with Gasteiger partial charge in [-0.25, -0.2) is 0 Å². The second-order valence-electron chi connectivity index (χ2n) is 0.677. The van der Waals surface area contributed by atoms with Crippen LogP contribution in [0.5, 0.6) is 0 Å². The summed E-state index contributed by atoms with van der Waals surface area (Å²) in [5.41, 5.74) is 0. The quantitative estimate of drug-likeness (QED) is 0.270. The van der Waals surface area contributed by atoms with Gasteiger partial charge in [0.1, 0.15) is 0 Å². The summed E-state index contributed by atoms with van der Waals surface area (Å²) >= 11 is 3.62. The molecular weight excluding hydrogens is 252 g/mol.